The first-order chi connectivity index (χ1) is 15.0. The lowest BCUT2D eigenvalue weighted by Gasteiger charge is -2.27. The Kier molecular flexibility index (Phi) is 5.09. The summed E-state index contributed by atoms with van der Waals surface area (Å²) in [4.78, 5) is 41.5. The van der Waals surface area contributed by atoms with Crippen molar-refractivity contribution in [3.8, 4) is 0 Å². The van der Waals surface area contributed by atoms with Crippen molar-refractivity contribution in [2.24, 2.45) is 23.7 Å². The third kappa shape index (κ3) is 3.35. The van der Waals surface area contributed by atoms with Gasteiger partial charge in [-0.1, -0.05) is 48.0 Å². The van der Waals surface area contributed by atoms with Gasteiger partial charge in [-0.15, -0.1) is 0 Å². The lowest BCUT2D eigenvalue weighted by molar-refractivity contribution is -0.147. The Morgan fingerprint density at radius 1 is 1.03 bits per heavy atom. The maximum Gasteiger partial charge on any atom is 0.248 e. The molecule has 2 aromatic carbocycles. The fraction of sp³-hybridized carbons (Fsp3) is 0.400. The van der Waals surface area contributed by atoms with Gasteiger partial charge in [-0.05, 0) is 61.3 Å². The molecule has 2 bridgehead atoms. The molecular formula is C25H25ClN2O3. The fourth-order valence-electron chi connectivity index (χ4n) is 5.84. The van der Waals surface area contributed by atoms with Crippen molar-refractivity contribution in [3.05, 3.63) is 64.7 Å². The second-order valence-corrected chi connectivity index (χ2v) is 9.45. The SMILES string of the molecule is Cc1c(Cl)cccc1NC(=O)[C@H](Cc1ccccc1)N1C(=O)[C@@H]2[C@H]3CC[C@@H](C3)[C@@H]2C1=O. The van der Waals surface area contributed by atoms with Gasteiger partial charge in [0.15, 0.2) is 0 Å². The molecular weight excluding hydrogens is 412 g/mol. The highest BCUT2D eigenvalue weighted by atomic mass is 35.5. The summed E-state index contributed by atoms with van der Waals surface area (Å²) < 4.78 is 0. The predicted octanol–water partition coefficient (Wildman–Crippen LogP) is 4.23. The van der Waals surface area contributed by atoms with Crippen LogP contribution in [-0.2, 0) is 20.8 Å². The number of benzene rings is 2. The Labute approximate surface area is 186 Å². The monoisotopic (exact) mass is 436 g/mol. The summed E-state index contributed by atoms with van der Waals surface area (Å²) in [6, 6.07) is 14.0. The van der Waals surface area contributed by atoms with E-state index in [1.165, 1.54) is 4.90 Å². The first-order valence-corrected chi connectivity index (χ1v) is 11.3. The van der Waals surface area contributed by atoms with Crippen LogP contribution in [0.25, 0.3) is 0 Å². The molecule has 0 spiro atoms. The number of fused-ring (bicyclic) bond motifs is 5. The number of hydrogen-bond donors (Lipinski definition) is 1. The molecule has 1 aliphatic heterocycles. The van der Waals surface area contributed by atoms with Gasteiger partial charge in [-0.3, -0.25) is 19.3 Å². The van der Waals surface area contributed by atoms with Gasteiger partial charge in [0.25, 0.3) is 0 Å². The van der Waals surface area contributed by atoms with Crippen molar-refractivity contribution in [2.45, 2.75) is 38.6 Å². The smallest absolute Gasteiger partial charge is 0.248 e. The molecule has 5 rings (SSSR count). The largest absolute Gasteiger partial charge is 0.324 e. The van der Waals surface area contributed by atoms with E-state index in [-0.39, 0.29) is 41.4 Å². The number of halogens is 1. The number of carbonyl (C=O) groups excluding carboxylic acids is 3. The number of hydrogen-bond acceptors (Lipinski definition) is 3. The van der Waals surface area contributed by atoms with Crippen molar-refractivity contribution >= 4 is 35.0 Å². The number of rotatable bonds is 5. The summed E-state index contributed by atoms with van der Waals surface area (Å²) in [7, 11) is 0. The number of carbonyl (C=O) groups is 3. The predicted molar refractivity (Wildman–Crippen MR) is 118 cm³/mol. The lowest BCUT2D eigenvalue weighted by atomic mass is 9.81. The highest BCUT2D eigenvalue weighted by molar-refractivity contribution is 6.31. The van der Waals surface area contributed by atoms with Gasteiger partial charge in [0, 0.05) is 17.1 Å². The Morgan fingerprint density at radius 3 is 2.32 bits per heavy atom. The Balaban J connectivity index is 1.47. The molecule has 1 saturated heterocycles. The molecule has 0 unspecified atom stereocenters. The molecule has 1 N–H and O–H groups in total. The van der Waals surface area contributed by atoms with Gasteiger partial charge in [0.1, 0.15) is 6.04 Å². The molecule has 1 heterocycles. The minimum Gasteiger partial charge on any atom is -0.324 e. The number of nitrogens with one attached hydrogen (secondary N) is 1. The normalized spacial score (nSPS) is 27.5. The summed E-state index contributed by atoms with van der Waals surface area (Å²) in [5.41, 5.74) is 2.26. The maximum absolute atomic E-state index is 13.5. The molecule has 2 saturated carbocycles. The first kappa shape index (κ1) is 20.3. The third-order valence-electron chi connectivity index (χ3n) is 7.37. The van der Waals surface area contributed by atoms with Gasteiger partial charge < -0.3 is 5.32 Å². The Morgan fingerprint density at radius 2 is 1.68 bits per heavy atom. The van der Waals surface area contributed by atoms with Crippen LogP contribution in [0.15, 0.2) is 48.5 Å². The molecule has 6 heteroatoms. The molecule has 5 atom stereocenters. The zero-order chi connectivity index (χ0) is 21.7. The molecule has 0 radical (unpaired) electrons. The topological polar surface area (TPSA) is 66.5 Å². The second-order valence-electron chi connectivity index (χ2n) is 9.04. The van der Waals surface area contributed by atoms with E-state index in [2.05, 4.69) is 5.32 Å². The summed E-state index contributed by atoms with van der Waals surface area (Å²) in [5, 5.41) is 3.48. The highest BCUT2D eigenvalue weighted by Gasteiger charge is 2.62. The van der Waals surface area contributed by atoms with E-state index in [4.69, 9.17) is 11.6 Å². The average Bonchev–Trinajstić information content (AvgIpc) is 3.45. The fourth-order valence-corrected chi connectivity index (χ4v) is 6.01. The van der Waals surface area contributed by atoms with Crippen molar-refractivity contribution in [2.75, 3.05) is 5.32 Å². The zero-order valence-electron chi connectivity index (χ0n) is 17.4. The van der Waals surface area contributed by atoms with Gasteiger partial charge in [-0.2, -0.15) is 0 Å². The van der Waals surface area contributed by atoms with Gasteiger partial charge in [0.2, 0.25) is 17.7 Å². The van der Waals surface area contributed by atoms with E-state index < -0.39 is 6.04 Å². The first-order valence-electron chi connectivity index (χ1n) is 10.9. The van der Waals surface area contributed by atoms with E-state index in [0.717, 1.165) is 30.4 Å². The van der Waals surface area contributed by atoms with Crippen LogP contribution in [0.3, 0.4) is 0 Å². The average molecular weight is 437 g/mol. The van der Waals surface area contributed by atoms with Crippen LogP contribution in [0, 0.1) is 30.6 Å². The maximum atomic E-state index is 13.5. The number of anilines is 1. The van der Waals surface area contributed by atoms with Gasteiger partial charge in [0.05, 0.1) is 11.8 Å². The molecule has 5 nitrogen and oxygen atoms in total. The zero-order valence-corrected chi connectivity index (χ0v) is 18.1. The van der Waals surface area contributed by atoms with Crippen LogP contribution in [-0.4, -0.2) is 28.7 Å². The Bertz CT molecular complexity index is 1030. The van der Waals surface area contributed by atoms with Gasteiger partial charge in [-0.25, -0.2) is 0 Å². The number of amides is 3. The van der Waals surface area contributed by atoms with E-state index in [1.807, 2.05) is 37.3 Å². The highest BCUT2D eigenvalue weighted by Crippen LogP contribution is 2.56. The quantitative estimate of drug-likeness (QED) is 0.713. The minimum atomic E-state index is -0.884. The number of likely N-dealkylation sites (tertiary alicyclic amines) is 1. The summed E-state index contributed by atoms with van der Waals surface area (Å²) in [6.45, 7) is 1.83. The second kappa shape index (κ2) is 7.79. The molecule has 0 aromatic heterocycles. The van der Waals surface area contributed by atoms with Crippen molar-refractivity contribution in [1.82, 2.24) is 4.90 Å². The summed E-state index contributed by atoms with van der Waals surface area (Å²) in [6.07, 6.45) is 3.28. The van der Waals surface area contributed by atoms with E-state index >= 15 is 0 Å². The van der Waals surface area contributed by atoms with Crippen LogP contribution in [0.4, 0.5) is 5.69 Å². The molecule has 160 valence electrons. The molecule has 3 aliphatic rings. The van der Waals surface area contributed by atoms with E-state index in [9.17, 15) is 14.4 Å². The van der Waals surface area contributed by atoms with E-state index in [0.29, 0.717) is 17.1 Å². The van der Waals surface area contributed by atoms with Crippen LogP contribution in [0.2, 0.25) is 5.02 Å². The molecule has 3 fully saturated rings. The van der Waals surface area contributed by atoms with Crippen molar-refractivity contribution < 1.29 is 14.4 Å². The van der Waals surface area contributed by atoms with Crippen LogP contribution in [0.5, 0.6) is 0 Å². The number of nitrogens with zero attached hydrogens (tertiary/aromatic N) is 1. The minimum absolute atomic E-state index is 0.166. The molecule has 2 aromatic rings. The lowest BCUT2D eigenvalue weighted by Crippen LogP contribution is -2.49. The summed E-state index contributed by atoms with van der Waals surface area (Å²) >= 11 is 6.21. The van der Waals surface area contributed by atoms with Crippen LogP contribution >= 0.6 is 11.6 Å². The molecule has 3 amide bonds. The molecule has 31 heavy (non-hydrogen) atoms. The number of imide groups is 1. The van der Waals surface area contributed by atoms with Crippen LogP contribution in [0.1, 0.15) is 30.4 Å². The standard InChI is InChI=1S/C25H25ClN2O3/c1-14-18(26)8-5-9-19(14)27-23(29)20(12-15-6-3-2-4-7-15)28-24(30)21-16-10-11-17(13-16)22(21)25(28)31/h2-9,16-17,20-22H,10-13H2,1H3,(H,27,29)/t16-,17-,20-,21-,22+/m0/s1. The molecule has 2 aliphatic carbocycles. The van der Waals surface area contributed by atoms with Crippen molar-refractivity contribution in [1.29, 1.82) is 0 Å². The van der Waals surface area contributed by atoms with Crippen LogP contribution < -0.4 is 5.32 Å². The van der Waals surface area contributed by atoms with E-state index in [1.54, 1.807) is 18.2 Å². The Hall–Kier alpha value is -2.66. The van der Waals surface area contributed by atoms with Gasteiger partial charge >= 0.3 is 0 Å². The summed E-state index contributed by atoms with van der Waals surface area (Å²) in [5.74, 6) is -0.611. The van der Waals surface area contributed by atoms with Crippen molar-refractivity contribution in [3.63, 3.8) is 0 Å². The third-order valence-corrected chi connectivity index (χ3v) is 7.78.